The molecule has 2 rings (SSSR count). The summed E-state index contributed by atoms with van der Waals surface area (Å²) in [6.45, 7) is 15.0. The number of hydrogen-bond donors (Lipinski definition) is 1. The fourth-order valence-electron chi connectivity index (χ4n) is 3.30. The van der Waals surface area contributed by atoms with Crippen LogP contribution in [-0.2, 0) is 10.8 Å². The van der Waals surface area contributed by atoms with Gasteiger partial charge in [0.05, 0.1) is 0 Å². The maximum Gasteiger partial charge on any atom is 0.0291 e. The van der Waals surface area contributed by atoms with Gasteiger partial charge in [-0.15, -0.1) is 0 Å². The molecule has 106 valence electrons. The zero-order chi connectivity index (χ0) is 14.3. The summed E-state index contributed by atoms with van der Waals surface area (Å²) in [6, 6.07) is 7.58. The Kier molecular flexibility index (Phi) is 3.79. The van der Waals surface area contributed by atoms with Crippen molar-refractivity contribution in [1.82, 2.24) is 5.32 Å². The molecule has 0 radical (unpaired) electrons. The molecular weight excluding hydrogens is 230 g/mol. The van der Waals surface area contributed by atoms with E-state index in [9.17, 15) is 0 Å². The SMILES string of the molecule is CCNC(C)c1ccc2c(c1)C(C)(C)CCC2(C)C. The molecule has 0 heterocycles. The van der Waals surface area contributed by atoms with E-state index in [4.69, 9.17) is 0 Å². The summed E-state index contributed by atoms with van der Waals surface area (Å²) in [6.07, 6.45) is 2.57. The Hall–Kier alpha value is -0.820. The lowest BCUT2D eigenvalue weighted by Gasteiger charge is -2.42. The highest BCUT2D eigenvalue weighted by Gasteiger charge is 2.37. The van der Waals surface area contributed by atoms with Crippen LogP contribution in [0.1, 0.15) is 77.1 Å². The fraction of sp³-hybridized carbons (Fsp3) is 0.667. The van der Waals surface area contributed by atoms with Crippen molar-refractivity contribution >= 4 is 0 Å². The van der Waals surface area contributed by atoms with Crippen LogP contribution in [0.2, 0.25) is 0 Å². The van der Waals surface area contributed by atoms with Crippen LogP contribution in [-0.4, -0.2) is 6.54 Å². The molecule has 1 nitrogen and oxygen atoms in total. The smallest absolute Gasteiger partial charge is 0.0291 e. The Morgan fingerprint density at radius 3 is 2.21 bits per heavy atom. The highest BCUT2D eigenvalue weighted by atomic mass is 14.9. The summed E-state index contributed by atoms with van der Waals surface area (Å²) < 4.78 is 0. The van der Waals surface area contributed by atoms with Gasteiger partial charge in [0, 0.05) is 6.04 Å². The van der Waals surface area contributed by atoms with E-state index in [0.717, 1.165) is 6.54 Å². The normalized spacial score (nSPS) is 21.8. The van der Waals surface area contributed by atoms with E-state index in [0.29, 0.717) is 16.9 Å². The van der Waals surface area contributed by atoms with Crippen LogP contribution in [0.4, 0.5) is 0 Å². The van der Waals surface area contributed by atoms with Gasteiger partial charge in [-0.25, -0.2) is 0 Å². The molecule has 0 spiro atoms. The van der Waals surface area contributed by atoms with E-state index in [1.165, 1.54) is 18.4 Å². The largest absolute Gasteiger partial charge is 0.310 e. The van der Waals surface area contributed by atoms with E-state index in [1.807, 2.05) is 0 Å². The lowest BCUT2D eigenvalue weighted by molar-refractivity contribution is 0.331. The minimum absolute atomic E-state index is 0.312. The Balaban J connectivity index is 2.47. The summed E-state index contributed by atoms with van der Waals surface area (Å²) in [4.78, 5) is 0. The summed E-state index contributed by atoms with van der Waals surface area (Å²) in [5.41, 5.74) is 5.17. The number of fused-ring (bicyclic) bond motifs is 1. The highest BCUT2D eigenvalue weighted by Crippen LogP contribution is 2.46. The number of benzene rings is 1. The van der Waals surface area contributed by atoms with E-state index < -0.39 is 0 Å². The molecule has 1 aromatic rings. The minimum Gasteiger partial charge on any atom is -0.310 e. The van der Waals surface area contributed by atoms with Gasteiger partial charge in [0.15, 0.2) is 0 Å². The van der Waals surface area contributed by atoms with Crippen molar-refractivity contribution in [3.05, 3.63) is 34.9 Å². The first-order valence-corrected chi connectivity index (χ1v) is 7.66. The van der Waals surface area contributed by atoms with Gasteiger partial charge >= 0.3 is 0 Å². The molecule has 1 unspecified atom stereocenters. The third-order valence-corrected chi connectivity index (χ3v) is 4.89. The molecule has 0 saturated carbocycles. The molecular formula is C18H29N. The topological polar surface area (TPSA) is 12.0 Å². The Morgan fingerprint density at radius 2 is 1.63 bits per heavy atom. The van der Waals surface area contributed by atoms with Gasteiger partial charge < -0.3 is 5.32 Å². The second-order valence-corrected chi connectivity index (χ2v) is 7.35. The fourth-order valence-corrected chi connectivity index (χ4v) is 3.30. The molecule has 19 heavy (non-hydrogen) atoms. The predicted molar refractivity (Wildman–Crippen MR) is 83.8 cm³/mol. The summed E-state index contributed by atoms with van der Waals surface area (Å²) >= 11 is 0. The molecule has 0 saturated heterocycles. The third kappa shape index (κ3) is 2.72. The average Bonchev–Trinajstić information content (AvgIpc) is 2.35. The zero-order valence-corrected chi connectivity index (χ0v) is 13.4. The van der Waals surface area contributed by atoms with Crippen LogP contribution >= 0.6 is 0 Å². The molecule has 0 fully saturated rings. The van der Waals surface area contributed by atoms with Gasteiger partial charge in [-0.2, -0.15) is 0 Å². The maximum atomic E-state index is 3.52. The maximum absolute atomic E-state index is 3.52. The van der Waals surface area contributed by atoms with Gasteiger partial charge in [0.25, 0.3) is 0 Å². The molecule has 0 aliphatic heterocycles. The molecule has 0 amide bonds. The molecule has 1 atom stereocenters. The molecule has 1 aromatic carbocycles. The Morgan fingerprint density at radius 1 is 1.05 bits per heavy atom. The monoisotopic (exact) mass is 259 g/mol. The van der Waals surface area contributed by atoms with Crippen molar-refractivity contribution in [3.8, 4) is 0 Å². The molecule has 1 aliphatic rings. The van der Waals surface area contributed by atoms with Crippen LogP contribution < -0.4 is 5.32 Å². The highest BCUT2D eigenvalue weighted by molar-refractivity contribution is 5.44. The number of hydrogen-bond acceptors (Lipinski definition) is 1. The lowest BCUT2D eigenvalue weighted by atomic mass is 9.63. The van der Waals surface area contributed by atoms with Crippen molar-refractivity contribution in [2.24, 2.45) is 0 Å². The van der Waals surface area contributed by atoms with Crippen LogP contribution in [0.5, 0.6) is 0 Å². The number of nitrogens with one attached hydrogen (secondary N) is 1. The second kappa shape index (κ2) is 4.94. The predicted octanol–water partition coefficient (Wildman–Crippen LogP) is 4.71. The molecule has 1 heteroatoms. The first-order chi connectivity index (χ1) is 8.78. The quantitative estimate of drug-likeness (QED) is 0.829. The van der Waals surface area contributed by atoms with E-state index in [1.54, 1.807) is 11.1 Å². The summed E-state index contributed by atoms with van der Waals surface area (Å²) in [5, 5.41) is 3.52. The lowest BCUT2D eigenvalue weighted by Crippen LogP contribution is -2.34. The second-order valence-electron chi connectivity index (χ2n) is 7.35. The van der Waals surface area contributed by atoms with Crippen molar-refractivity contribution < 1.29 is 0 Å². The first-order valence-electron chi connectivity index (χ1n) is 7.66. The molecule has 0 aromatic heterocycles. The van der Waals surface area contributed by atoms with Crippen molar-refractivity contribution in [3.63, 3.8) is 0 Å². The van der Waals surface area contributed by atoms with Gasteiger partial charge in [-0.05, 0) is 53.8 Å². The van der Waals surface area contributed by atoms with Crippen molar-refractivity contribution in [1.29, 1.82) is 0 Å². The summed E-state index contributed by atoms with van der Waals surface area (Å²) in [7, 11) is 0. The van der Waals surface area contributed by atoms with Crippen LogP contribution in [0.15, 0.2) is 18.2 Å². The van der Waals surface area contributed by atoms with E-state index in [-0.39, 0.29) is 0 Å². The Bertz CT molecular complexity index is 457. The van der Waals surface area contributed by atoms with Gasteiger partial charge in [0.1, 0.15) is 0 Å². The molecule has 0 bridgehead atoms. The number of rotatable bonds is 3. The zero-order valence-electron chi connectivity index (χ0n) is 13.4. The minimum atomic E-state index is 0.312. The van der Waals surface area contributed by atoms with Gasteiger partial charge in [-0.1, -0.05) is 52.8 Å². The Labute approximate surface area is 118 Å². The average molecular weight is 259 g/mol. The van der Waals surface area contributed by atoms with Crippen LogP contribution in [0.3, 0.4) is 0 Å². The molecule has 1 aliphatic carbocycles. The van der Waals surface area contributed by atoms with Crippen LogP contribution in [0, 0.1) is 0 Å². The standard InChI is InChI=1S/C18H29N/c1-7-19-13(2)14-8-9-15-16(12-14)18(5,6)11-10-17(15,3)4/h8-9,12-13,19H,7,10-11H2,1-6H3. The molecule has 1 N–H and O–H groups in total. The van der Waals surface area contributed by atoms with Crippen LogP contribution in [0.25, 0.3) is 0 Å². The first kappa shape index (κ1) is 14.6. The van der Waals surface area contributed by atoms with E-state index in [2.05, 4.69) is 65.1 Å². The van der Waals surface area contributed by atoms with Crippen molar-refractivity contribution in [2.45, 2.75) is 71.3 Å². The van der Waals surface area contributed by atoms with Gasteiger partial charge in [-0.3, -0.25) is 0 Å². The third-order valence-electron chi connectivity index (χ3n) is 4.89. The summed E-state index contributed by atoms with van der Waals surface area (Å²) in [5.74, 6) is 0. The van der Waals surface area contributed by atoms with E-state index >= 15 is 0 Å². The van der Waals surface area contributed by atoms with Gasteiger partial charge in [0.2, 0.25) is 0 Å². The van der Waals surface area contributed by atoms with Crippen molar-refractivity contribution in [2.75, 3.05) is 6.54 Å².